The van der Waals surface area contributed by atoms with Gasteiger partial charge >= 0.3 is 0 Å². The van der Waals surface area contributed by atoms with Crippen LogP contribution in [0.25, 0.3) is 0 Å². The summed E-state index contributed by atoms with van der Waals surface area (Å²) in [5.74, 6) is 2.09. The quantitative estimate of drug-likeness (QED) is 0.894. The van der Waals surface area contributed by atoms with Gasteiger partial charge in [-0.25, -0.2) is 13.6 Å². The summed E-state index contributed by atoms with van der Waals surface area (Å²) in [6, 6.07) is 1.77. The monoisotopic (exact) mass is 321 g/mol. The molecule has 1 aromatic heterocycles. The molecule has 0 amide bonds. The second-order valence-corrected chi connectivity index (χ2v) is 9.25. The van der Waals surface area contributed by atoms with Crippen molar-refractivity contribution in [1.82, 2.24) is 0 Å². The van der Waals surface area contributed by atoms with Gasteiger partial charge in [-0.3, -0.25) is 0 Å². The summed E-state index contributed by atoms with van der Waals surface area (Å²) in [5, 5.41) is 5.16. The maximum atomic E-state index is 11.3. The molecule has 1 atom stereocenters. The molecule has 0 spiro atoms. The number of thiophene rings is 1. The molecule has 0 aromatic carbocycles. The summed E-state index contributed by atoms with van der Waals surface area (Å²) >= 11 is 3.06. The van der Waals surface area contributed by atoms with Gasteiger partial charge in [0.05, 0.1) is 4.21 Å². The summed E-state index contributed by atoms with van der Waals surface area (Å²) in [7, 11) is -3.54. The molecular formula is C13H23NO2S3. The van der Waals surface area contributed by atoms with Gasteiger partial charge in [0.1, 0.15) is 4.21 Å². The lowest BCUT2D eigenvalue weighted by Crippen LogP contribution is -2.12. The zero-order chi connectivity index (χ0) is 14.6. The van der Waals surface area contributed by atoms with Crippen LogP contribution < -0.4 is 5.14 Å². The van der Waals surface area contributed by atoms with Crippen molar-refractivity contribution in [3.8, 4) is 0 Å². The van der Waals surface area contributed by atoms with Crippen LogP contribution in [-0.2, 0) is 10.0 Å². The third-order valence-corrected chi connectivity index (χ3v) is 6.76. The van der Waals surface area contributed by atoms with Gasteiger partial charge in [0.15, 0.2) is 0 Å². The first kappa shape index (κ1) is 17.0. The Kier molecular flexibility index (Phi) is 6.36. The molecule has 0 bridgehead atoms. The van der Waals surface area contributed by atoms with E-state index in [-0.39, 0.29) is 0 Å². The van der Waals surface area contributed by atoms with Crippen molar-refractivity contribution in [3.05, 3.63) is 11.6 Å². The van der Waals surface area contributed by atoms with Gasteiger partial charge in [-0.05, 0) is 35.6 Å². The first-order valence-electron chi connectivity index (χ1n) is 6.60. The van der Waals surface area contributed by atoms with E-state index in [0.29, 0.717) is 16.0 Å². The fourth-order valence-electron chi connectivity index (χ4n) is 2.00. The number of sulfonamides is 1. The Morgan fingerprint density at radius 3 is 2.47 bits per heavy atom. The lowest BCUT2D eigenvalue weighted by Gasteiger charge is -2.25. The van der Waals surface area contributed by atoms with Crippen LogP contribution in [0.15, 0.2) is 14.5 Å². The molecule has 0 radical (unpaired) electrons. The van der Waals surface area contributed by atoms with Crippen molar-refractivity contribution in [2.24, 2.45) is 11.1 Å². The lowest BCUT2D eigenvalue weighted by molar-refractivity contribution is 0.479. The molecule has 2 rings (SSSR count). The first-order valence-corrected chi connectivity index (χ1v) is 9.95. The van der Waals surface area contributed by atoms with Gasteiger partial charge in [-0.15, -0.1) is 23.1 Å². The lowest BCUT2D eigenvalue weighted by atomic mass is 9.88. The van der Waals surface area contributed by atoms with Crippen molar-refractivity contribution >= 4 is 33.1 Å². The van der Waals surface area contributed by atoms with Crippen molar-refractivity contribution in [2.75, 3.05) is 5.75 Å². The molecule has 1 aliphatic rings. The van der Waals surface area contributed by atoms with Gasteiger partial charge < -0.3 is 0 Å². The van der Waals surface area contributed by atoms with Crippen LogP contribution >= 0.6 is 23.1 Å². The predicted molar refractivity (Wildman–Crippen MR) is 84.6 cm³/mol. The molecule has 0 saturated heterocycles. The SMILES string of the molecule is CC(C)C1CCSc2sc(S(N)(=O)=O)cc21.CCC. The molecule has 1 aromatic rings. The zero-order valence-electron chi connectivity index (χ0n) is 12.0. The maximum absolute atomic E-state index is 11.3. The summed E-state index contributed by atoms with van der Waals surface area (Å²) in [6.45, 7) is 8.61. The Balaban J connectivity index is 0.000000550. The van der Waals surface area contributed by atoms with E-state index >= 15 is 0 Å². The summed E-state index contributed by atoms with van der Waals surface area (Å²) in [4.78, 5) is 0. The number of primary sulfonamides is 1. The third kappa shape index (κ3) is 4.48. The highest BCUT2D eigenvalue weighted by molar-refractivity contribution is 8.01. The molecule has 1 unspecified atom stereocenters. The molecule has 1 aliphatic heterocycles. The highest BCUT2D eigenvalue weighted by Gasteiger charge is 2.27. The van der Waals surface area contributed by atoms with Crippen LogP contribution in [0.3, 0.4) is 0 Å². The average molecular weight is 322 g/mol. The van der Waals surface area contributed by atoms with Crippen LogP contribution in [0, 0.1) is 5.92 Å². The molecule has 2 heterocycles. The average Bonchev–Trinajstić information content (AvgIpc) is 2.72. The number of hydrogen-bond acceptors (Lipinski definition) is 4. The van der Waals surface area contributed by atoms with Crippen LogP contribution in [0.5, 0.6) is 0 Å². The minimum atomic E-state index is -3.54. The van der Waals surface area contributed by atoms with E-state index in [1.807, 2.05) is 0 Å². The number of nitrogens with two attached hydrogens (primary N) is 1. The topological polar surface area (TPSA) is 60.2 Å². The molecule has 2 N–H and O–H groups in total. The molecule has 110 valence electrons. The van der Waals surface area contributed by atoms with E-state index in [4.69, 9.17) is 5.14 Å². The van der Waals surface area contributed by atoms with Gasteiger partial charge in [-0.1, -0.05) is 34.1 Å². The van der Waals surface area contributed by atoms with Crippen molar-refractivity contribution in [2.45, 2.75) is 54.9 Å². The first-order chi connectivity index (χ1) is 8.81. The van der Waals surface area contributed by atoms with Crippen LogP contribution in [0.4, 0.5) is 0 Å². The highest BCUT2D eigenvalue weighted by Crippen LogP contribution is 2.46. The van der Waals surface area contributed by atoms with E-state index in [9.17, 15) is 8.42 Å². The maximum Gasteiger partial charge on any atom is 0.247 e. The Labute approximate surface area is 125 Å². The Morgan fingerprint density at radius 2 is 2.00 bits per heavy atom. The van der Waals surface area contributed by atoms with E-state index < -0.39 is 10.0 Å². The standard InChI is InChI=1S/C10H15NO2S3.C3H8/c1-6(2)7-3-4-14-10-8(7)5-9(15-10)16(11,12)13;1-3-2/h5-7H,3-4H2,1-2H3,(H2,11,12,13);3H2,1-2H3. The molecular weight excluding hydrogens is 298 g/mol. The van der Waals surface area contributed by atoms with E-state index in [0.717, 1.165) is 16.4 Å². The molecule has 0 aliphatic carbocycles. The summed E-state index contributed by atoms with van der Waals surface area (Å²) in [5.41, 5.74) is 1.18. The second-order valence-electron chi connectivity index (χ2n) is 5.05. The summed E-state index contributed by atoms with van der Waals surface area (Å²) < 4.78 is 24.0. The largest absolute Gasteiger partial charge is 0.247 e. The normalized spacial score (nSPS) is 18.7. The molecule has 0 saturated carbocycles. The van der Waals surface area contributed by atoms with E-state index in [1.54, 1.807) is 17.8 Å². The van der Waals surface area contributed by atoms with Gasteiger partial charge in [0.2, 0.25) is 10.0 Å². The highest BCUT2D eigenvalue weighted by atomic mass is 32.3. The van der Waals surface area contributed by atoms with Crippen LogP contribution in [-0.4, -0.2) is 14.2 Å². The molecule has 0 fully saturated rings. The van der Waals surface area contributed by atoms with Gasteiger partial charge in [-0.2, -0.15) is 0 Å². The number of hydrogen-bond donors (Lipinski definition) is 1. The van der Waals surface area contributed by atoms with Gasteiger partial charge in [0, 0.05) is 0 Å². The second kappa shape index (κ2) is 7.11. The number of rotatable bonds is 2. The van der Waals surface area contributed by atoms with Crippen molar-refractivity contribution < 1.29 is 8.42 Å². The zero-order valence-corrected chi connectivity index (χ0v) is 14.4. The molecule has 6 heteroatoms. The minimum absolute atomic E-state index is 0.303. The fraction of sp³-hybridized carbons (Fsp3) is 0.692. The van der Waals surface area contributed by atoms with Crippen LogP contribution in [0.1, 0.15) is 52.0 Å². The molecule has 19 heavy (non-hydrogen) atoms. The molecule has 3 nitrogen and oxygen atoms in total. The number of thioether (sulfide) groups is 1. The summed E-state index contributed by atoms with van der Waals surface area (Å²) in [6.07, 6.45) is 2.37. The Hall–Kier alpha value is -0.0400. The predicted octanol–water partition coefficient (Wildman–Crippen LogP) is 4.05. The number of fused-ring (bicyclic) bond motifs is 1. The van der Waals surface area contributed by atoms with E-state index in [1.165, 1.54) is 23.3 Å². The van der Waals surface area contributed by atoms with E-state index in [2.05, 4.69) is 27.7 Å². The van der Waals surface area contributed by atoms with Crippen molar-refractivity contribution in [3.63, 3.8) is 0 Å². The van der Waals surface area contributed by atoms with Gasteiger partial charge in [0.25, 0.3) is 0 Å². The van der Waals surface area contributed by atoms with Crippen LogP contribution in [0.2, 0.25) is 0 Å². The Bertz CT molecular complexity index is 506. The minimum Gasteiger partial charge on any atom is -0.224 e. The Morgan fingerprint density at radius 1 is 1.42 bits per heavy atom. The van der Waals surface area contributed by atoms with Crippen molar-refractivity contribution in [1.29, 1.82) is 0 Å². The smallest absolute Gasteiger partial charge is 0.224 e. The third-order valence-electron chi connectivity index (χ3n) is 2.85. The fourth-order valence-corrected chi connectivity index (χ4v) is 5.55.